The van der Waals surface area contributed by atoms with Crippen molar-refractivity contribution in [1.82, 2.24) is 0 Å². The fourth-order valence-corrected chi connectivity index (χ4v) is 2.51. The van der Waals surface area contributed by atoms with Crippen LogP contribution in [0.5, 0.6) is 0 Å². The molecule has 1 heterocycles. The van der Waals surface area contributed by atoms with Gasteiger partial charge in [-0.3, -0.25) is 4.79 Å². The van der Waals surface area contributed by atoms with Gasteiger partial charge in [0.1, 0.15) is 0 Å². The second-order valence-corrected chi connectivity index (χ2v) is 4.83. The van der Waals surface area contributed by atoms with E-state index in [9.17, 15) is 4.79 Å². The molecule has 1 aromatic carbocycles. The molecular weight excluding hydrogens is 252 g/mol. The van der Waals surface area contributed by atoms with Crippen LogP contribution in [0.25, 0.3) is 11.1 Å². The molecule has 0 radical (unpaired) electrons. The standard InChI is InChI=1S/C13H11ClOS.CH4/c1-2-12(15)13-7-10(8-16-13)9-3-5-11(14)6-4-9;/h3-8H,2H2,1H3;1H4. The average molecular weight is 267 g/mol. The van der Waals surface area contributed by atoms with E-state index >= 15 is 0 Å². The van der Waals surface area contributed by atoms with Crippen LogP contribution in [-0.2, 0) is 0 Å². The molecule has 90 valence electrons. The van der Waals surface area contributed by atoms with Crippen LogP contribution in [-0.4, -0.2) is 5.78 Å². The quantitative estimate of drug-likeness (QED) is 0.689. The normalized spacial score (nSPS) is 9.76. The van der Waals surface area contributed by atoms with Crippen LogP contribution in [0.2, 0.25) is 5.02 Å². The molecule has 0 unspecified atom stereocenters. The molecule has 1 nitrogen and oxygen atoms in total. The Balaban J connectivity index is 0.00000144. The summed E-state index contributed by atoms with van der Waals surface area (Å²) in [6.45, 7) is 1.88. The number of benzene rings is 1. The van der Waals surface area contributed by atoms with E-state index in [-0.39, 0.29) is 13.2 Å². The number of thiophene rings is 1. The first-order valence-corrected chi connectivity index (χ1v) is 6.34. The first-order valence-electron chi connectivity index (χ1n) is 5.08. The van der Waals surface area contributed by atoms with Crippen molar-refractivity contribution < 1.29 is 4.79 Å². The largest absolute Gasteiger partial charge is 0.293 e. The van der Waals surface area contributed by atoms with Gasteiger partial charge in [0, 0.05) is 11.4 Å². The number of halogens is 1. The highest BCUT2D eigenvalue weighted by Gasteiger charge is 2.07. The molecule has 0 aliphatic carbocycles. The molecule has 0 saturated heterocycles. The van der Waals surface area contributed by atoms with Gasteiger partial charge in [0.05, 0.1) is 4.88 Å². The first-order chi connectivity index (χ1) is 7.70. The van der Waals surface area contributed by atoms with Crippen molar-refractivity contribution in [2.45, 2.75) is 20.8 Å². The maximum absolute atomic E-state index is 11.5. The molecule has 0 saturated carbocycles. The minimum absolute atomic E-state index is 0. The van der Waals surface area contributed by atoms with Gasteiger partial charge in [0.2, 0.25) is 0 Å². The molecule has 3 heteroatoms. The van der Waals surface area contributed by atoms with Gasteiger partial charge in [-0.25, -0.2) is 0 Å². The summed E-state index contributed by atoms with van der Waals surface area (Å²) < 4.78 is 0. The monoisotopic (exact) mass is 266 g/mol. The minimum Gasteiger partial charge on any atom is -0.293 e. The lowest BCUT2D eigenvalue weighted by molar-refractivity contribution is 0.0992. The summed E-state index contributed by atoms with van der Waals surface area (Å²) in [7, 11) is 0. The Bertz CT molecular complexity index is 499. The number of carbonyl (C=O) groups excluding carboxylic acids is 1. The molecule has 0 atom stereocenters. The van der Waals surface area contributed by atoms with E-state index in [4.69, 9.17) is 11.6 Å². The van der Waals surface area contributed by atoms with E-state index in [0.717, 1.165) is 21.0 Å². The van der Waals surface area contributed by atoms with Crippen LogP contribution < -0.4 is 0 Å². The molecule has 0 aliphatic heterocycles. The van der Waals surface area contributed by atoms with E-state index in [0.29, 0.717) is 6.42 Å². The van der Waals surface area contributed by atoms with Gasteiger partial charge in [-0.15, -0.1) is 11.3 Å². The second-order valence-electron chi connectivity index (χ2n) is 3.48. The topological polar surface area (TPSA) is 17.1 Å². The maximum Gasteiger partial charge on any atom is 0.172 e. The van der Waals surface area contributed by atoms with Crippen molar-refractivity contribution in [3.05, 3.63) is 45.6 Å². The highest BCUT2D eigenvalue weighted by molar-refractivity contribution is 7.12. The van der Waals surface area contributed by atoms with Gasteiger partial charge < -0.3 is 0 Å². The van der Waals surface area contributed by atoms with Crippen LogP contribution in [0.1, 0.15) is 30.4 Å². The van der Waals surface area contributed by atoms with E-state index < -0.39 is 0 Å². The van der Waals surface area contributed by atoms with E-state index in [1.54, 1.807) is 0 Å². The van der Waals surface area contributed by atoms with E-state index in [1.165, 1.54) is 11.3 Å². The summed E-state index contributed by atoms with van der Waals surface area (Å²) in [5.41, 5.74) is 2.18. The zero-order valence-corrected chi connectivity index (χ0v) is 10.4. The summed E-state index contributed by atoms with van der Waals surface area (Å²) in [5.74, 6) is 0.199. The predicted molar refractivity (Wildman–Crippen MR) is 76.1 cm³/mol. The number of ketones is 1. The predicted octanol–water partition coefficient (Wildman–Crippen LogP) is 5.30. The fraction of sp³-hybridized carbons (Fsp3) is 0.214. The zero-order valence-electron chi connectivity index (χ0n) is 8.87. The number of hydrogen-bond acceptors (Lipinski definition) is 2. The molecule has 0 bridgehead atoms. The molecule has 0 fully saturated rings. The molecule has 2 aromatic rings. The Kier molecular flexibility index (Phi) is 4.91. The zero-order chi connectivity index (χ0) is 11.5. The fourth-order valence-electron chi connectivity index (χ4n) is 1.45. The Hall–Kier alpha value is -1.12. The lowest BCUT2D eigenvalue weighted by Crippen LogP contribution is -1.90. The molecule has 0 N–H and O–H groups in total. The highest BCUT2D eigenvalue weighted by Crippen LogP contribution is 2.27. The van der Waals surface area contributed by atoms with Crippen molar-refractivity contribution in [3.63, 3.8) is 0 Å². The van der Waals surface area contributed by atoms with Gasteiger partial charge in [0.25, 0.3) is 0 Å². The molecule has 0 aliphatic rings. The summed E-state index contributed by atoms with van der Waals surface area (Å²) in [4.78, 5) is 12.3. The van der Waals surface area contributed by atoms with Crippen LogP contribution in [0.3, 0.4) is 0 Å². The smallest absolute Gasteiger partial charge is 0.172 e. The molecule has 0 spiro atoms. The van der Waals surface area contributed by atoms with Crippen LogP contribution in [0, 0.1) is 0 Å². The van der Waals surface area contributed by atoms with E-state index in [2.05, 4.69) is 0 Å². The number of hydrogen-bond donors (Lipinski definition) is 0. The van der Waals surface area contributed by atoms with E-state index in [1.807, 2.05) is 42.6 Å². The molecule has 17 heavy (non-hydrogen) atoms. The van der Waals surface area contributed by atoms with Crippen LogP contribution >= 0.6 is 22.9 Å². The second kappa shape index (κ2) is 5.99. The Labute approximate surface area is 111 Å². The third kappa shape index (κ3) is 3.18. The van der Waals surface area contributed by atoms with Crippen molar-refractivity contribution >= 4 is 28.7 Å². The Morgan fingerprint density at radius 3 is 2.47 bits per heavy atom. The first kappa shape index (κ1) is 13.9. The molecular formula is C14H15ClOS. The lowest BCUT2D eigenvalue weighted by atomic mass is 10.1. The third-order valence-corrected chi connectivity index (χ3v) is 3.60. The lowest BCUT2D eigenvalue weighted by Gasteiger charge is -1.96. The summed E-state index contributed by atoms with van der Waals surface area (Å²) in [6.07, 6.45) is 0.556. The van der Waals surface area contributed by atoms with Gasteiger partial charge in [-0.2, -0.15) is 0 Å². The van der Waals surface area contributed by atoms with Gasteiger partial charge in [-0.05, 0) is 34.7 Å². The molecule has 2 rings (SSSR count). The van der Waals surface area contributed by atoms with Crippen molar-refractivity contribution in [2.75, 3.05) is 0 Å². The minimum atomic E-state index is 0. The molecule has 1 aromatic heterocycles. The number of carbonyl (C=O) groups is 1. The van der Waals surface area contributed by atoms with Gasteiger partial charge in [-0.1, -0.05) is 38.1 Å². The van der Waals surface area contributed by atoms with Gasteiger partial charge >= 0.3 is 0 Å². The average Bonchev–Trinajstić information content (AvgIpc) is 2.78. The van der Waals surface area contributed by atoms with Crippen molar-refractivity contribution in [2.24, 2.45) is 0 Å². The van der Waals surface area contributed by atoms with Crippen molar-refractivity contribution in [3.8, 4) is 11.1 Å². The SMILES string of the molecule is C.CCC(=O)c1cc(-c2ccc(Cl)cc2)cs1. The molecule has 0 amide bonds. The van der Waals surface area contributed by atoms with Crippen molar-refractivity contribution in [1.29, 1.82) is 0 Å². The maximum atomic E-state index is 11.5. The Morgan fingerprint density at radius 1 is 1.24 bits per heavy atom. The Morgan fingerprint density at radius 2 is 1.88 bits per heavy atom. The number of Topliss-reactive ketones (excluding diaryl/α,β-unsaturated/α-hetero) is 1. The third-order valence-electron chi connectivity index (χ3n) is 2.37. The van der Waals surface area contributed by atoms with Crippen LogP contribution in [0.4, 0.5) is 0 Å². The summed E-state index contributed by atoms with van der Waals surface area (Å²) >= 11 is 7.32. The summed E-state index contributed by atoms with van der Waals surface area (Å²) in [5, 5.41) is 2.73. The summed E-state index contributed by atoms with van der Waals surface area (Å²) in [6, 6.07) is 9.58. The number of rotatable bonds is 3. The van der Waals surface area contributed by atoms with Crippen LogP contribution in [0.15, 0.2) is 35.7 Å². The van der Waals surface area contributed by atoms with Gasteiger partial charge in [0.15, 0.2) is 5.78 Å². The highest BCUT2D eigenvalue weighted by atomic mass is 35.5.